The van der Waals surface area contributed by atoms with Crippen LogP contribution in [0, 0.1) is 0 Å². The average molecular weight is 384 g/mol. The number of oxazole rings is 2. The Bertz CT molecular complexity index is 1400. The zero-order valence-electron chi connectivity index (χ0n) is 14.4. The fourth-order valence-corrected chi connectivity index (χ4v) is 4.03. The molecule has 0 atom stereocenters. The molecule has 134 valence electrons. The van der Waals surface area contributed by atoms with Crippen molar-refractivity contribution in [2.24, 2.45) is 0 Å². The molecule has 6 aromatic rings. The van der Waals surface area contributed by atoms with Crippen LogP contribution in [0.2, 0.25) is 0 Å². The van der Waals surface area contributed by atoms with Gasteiger partial charge in [-0.25, -0.2) is 14.5 Å². The molecule has 3 aromatic carbocycles. The molecule has 0 aliphatic rings. The van der Waals surface area contributed by atoms with Gasteiger partial charge in [0.2, 0.25) is 0 Å². The van der Waals surface area contributed by atoms with Gasteiger partial charge in [0, 0.05) is 11.8 Å². The highest BCUT2D eigenvalue weighted by atomic mass is 32.2. The van der Waals surface area contributed by atoms with Gasteiger partial charge in [-0.15, -0.1) is 0 Å². The molecule has 6 nitrogen and oxygen atoms in total. The van der Waals surface area contributed by atoms with Crippen molar-refractivity contribution < 1.29 is 8.83 Å². The lowest BCUT2D eigenvalue weighted by Gasteiger charge is -2.01. The first-order valence-corrected chi connectivity index (χ1v) is 9.54. The third-order valence-corrected chi connectivity index (χ3v) is 5.26. The lowest BCUT2D eigenvalue weighted by molar-refractivity contribution is 0.487. The van der Waals surface area contributed by atoms with Crippen LogP contribution in [0.4, 0.5) is 0 Å². The van der Waals surface area contributed by atoms with E-state index in [4.69, 9.17) is 13.8 Å². The van der Waals surface area contributed by atoms with Crippen molar-refractivity contribution in [3.8, 4) is 6.01 Å². The van der Waals surface area contributed by atoms with Gasteiger partial charge in [0.1, 0.15) is 11.0 Å². The molecule has 0 spiro atoms. The van der Waals surface area contributed by atoms with Gasteiger partial charge in [-0.1, -0.05) is 36.4 Å². The summed E-state index contributed by atoms with van der Waals surface area (Å²) >= 11 is 1.34. The normalized spacial score (nSPS) is 11.7. The number of nitrogens with zero attached hydrogens (tertiary/aromatic N) is 4. The lowest BCUT2D eigenvalue weighted by atomic mass is 10.3. The van der Waals surface area contributed by atoms with E-state index < -0.39 is 0 Å². The zero-order valence-corrected chi connectivity index (χ0v) is 15.3. The molecular formula is C21H12N4O2S. The van der Waals surface area contributed by atoms with Crippen LogP contribution < -0.4 is 0 Å². The molecule has 3 aromatic heterocycles. The molecule has 0 radical (unpaired) electrons. The Morgan fingerprint density at radius 1 is 0.643 bits per heavy atom. The highest BCUT2D eigenvalue weighted by molar-refractivity contribution is 7.99. The molecule has 0 saturated carbocycles. The number of benzene rings is 3. The molecule has 6 rings (SSSR count). The average Bonchev–Trinajstić information content (AvgIpc) is 3.41. The molecule has 0 aliphatic carbocycles. The number of aromatic nitrogens is 4. The SMILES string of the molecule is c1ccc2oc(Sc3nc4ccccc4n3-c3nc4ccccc4o3)nc2c1. The maximum Gasteiger partial charge on any atom is 0.309 e. The fourth-order valence-electron chi connectivity index (χ4n) is 3.19. The summed E-state index contributed by atoms with van der Waals surface area (Å²) in [6, 6.07) is 23.7. The first kappa shape index (κ1) is 15.5. The smallest absolute Gasteiger partial charge is 0.309 e. The van der Waals surface area contributed by atoms with Gasteiger partial charge in [-0.3, -0.25) is 0 Å². The van der Waals surface area contributed by atoms with Crippen LogP contribution in [0.15, 0.2) is 92.0 Å². The summed E-state index contributed by atoms with van der Waals surface area (Å²) in [6.07, 6.45) is 0. The first-order chi connectivity index (χ1) is 13.8. The van der Waals surface area contributed by atoms with Crippen molar-refractivity contribution in [2.45, 2.75) is 10.4 Å². The molecule has 0 aliphatic heterocycles. The lowest BCUT2D eigenvalue weighted by Crippen LogP contribution is -1.96. The van der Waals surface area contributed by atoms with Crippen LogP contribution in [0.1, 0.15) is 0 Å². The van der Waals surface area contributed by atoms with Gasteiger partial charge in [0.15, 0.2) is 16.3 Å². The Morgan fingerprint density at radius 2 is 1.29 bits per heavy atom. The third kappa shape index (κ3) is 2.40. The Hall–Kier alpha value is -3.58. The van der Waals surface area contributed by atoms with Gasteiger partial charge < -0.3 is 8.83 Å². The summed E-state index contributed by atoms with van der Waals surface area (Å²) in [5.41, 5.74) is 4.85. The summed E-state index contributed by atoms with van der Waals surface area (Å²) < 4.78 is 13.8. The second-order valence-corrected chi connectivity index (χ2v) is 7.15. The maximum absolute atomic E-state index is 6.01. The Labute approximate surface area is 162 Å². The van der Waals surface area contributed by atoms with Crippen LogP contribution in [-0.2, 0) is 0 Å². The van der Waals surface area contributed by atoms with Gasteiger partial charge in [0.05, 0.1) is 11.0 Å². The van der Waals surface area contributed by atoms with Crippen LogP contribution in [-0.4, -0.2) is 19.5 Å². The van der Waals surface area contributed by atoms with E-state index in [9.17, 15) is 0 Å². The van der Waals surface area contributed by atoms with Crippen molar-refractivity contribution in [3.63, 3.8) is 0 Å². The monoisotopic (exact) mass is 384 g/mol. The van der Waals surface area contributed by atoms with E-state index in [1.807, 2.05) is 77.4 Å². The fraction of sp³-hybridized carbons (Fsp3) is 0. The molecule has 28 heavy (non-hydrogen) atoms. The van der Waals surface area contributed by atoms with E-state index in [2.05, 4.69) is 9.97 Å². The van der Waals surface area contributed by atoms with Crippen molar-refractivity contribution >= 4 is 45.0 Å². The minimum absolute atomic E-state index is 0.466. The van der Waals surface area contributed by atoms with Gasteiger partial charge in [0.25, 0.3) is 5.22 Å². The van der Waals surface area contributed by atoms with Crippen LogP contribution in [0.25, 0.3) is 39.2 Å². The topological polar surface area (TPSA) is 69.9 Å². The van der Waals surface area contributed by atoms with E-state index in [0.29, 0.717) is 16.4 Å². The second-order valence-electron chi connectivity index (χ2n) is 6.23. The molecule has 3 heterocycles. The zero-order chi connectivity index (χ0) is 18.5. The molecule has 7 heteroatoms. The number of imidazole rings is 1. The van der Waals surface area contributed by atoms with Crippen molar-refractivity contribution in [1.29, 1.82) is 0 Å². The third-order valence-electron chi connectivity index (χ3n) is 4.46. The van der Waals surface area contributed by atoms with E-state index in [0.717, 1.165) is 33.2 Å². The molecule has 0 N–H and O–H groups in total. The van der Waals surface area contributed by atoms with E-state index >= 15 is 0 Å². The summed E-state index contributed by atoms with van der Waals surface area (Å²) in [7, 11) is 0. The highest BCUT2D eigenvalue weighted by Gasteiger charge is 2.20. The molecule has 0 fully saturated rings. The van der Waals surface area contributed by atoms with E-state index in [-0.39, 0.29) is 0 Å². The highest BCUT2D eigenvalue weighted by Crippen LogP contribution is 2.34. The minimum Gasteiger partial charge on any atom is -0.431 e. The Kier molecular flexibility index (Phi) is 3.30. The summed E-state index contributed by atoms with van der Waals surface area (Å²) in [5.74, 6) is 0. The van der Waals surface area contributed by atoms with Crippen molar-refractivity contribution in [2.75, 3.05) is 0 Å². The number of hydrogen-bond acceptors (Lipinski definition) is 6. The number of para-hydroxylation sites is 6. The minimum atomic E-state index is 0.466. The number of fused-ring (bicyclic) bond motifs is 3. The molecule has 0 saturated heterocycles. The molecule has 0 unspecified atom stereocenters. The Morgan fingerprint density at radius 3 is 2.04 bits per heavy atom. The first-order valence-electron chi connectivity index (χ1n) is 8.72. The van der Waals surface area contributed by atoms with Crippen molar-refractivity contribution in [3.05, 3.63) is 72.8 Å². The summed E-state index contributed by atoms with van der Waals surface area (Å²) in [5, 5.41) is 1.20. The summed E-state index contributed by atoms with van der Waals surface area (Å²) in [6.45, 7) is 0. The van der Waals surface area contributed by atoms with E-state index in [1.54, 1.807) is 0 Å². The summed E-state index contributed by atoms with van der Waals surface area (Å²) in [4.78, 5) is 13.9. The van der Waals surface area contributed by atoms with Crippen molar-refractivity contribution in [1.82, 2.24) is 19.5 Å². The van der Waals surface area contributed by atoms with Gasteiger partial charge >= 0.3 is 6.01 Å². The molecular weight excluding hydrogens is 372 g/mol. The van der Waals surface area contributed by atoms with Gasteiger partial charge in [-0.2, -0.15) is 4.98 Å². The Balaban J connectivity index is 1.54. The van der Waals surface area contributed by atoms with Gasteiger partial charge in [-0.05, 0) is 36.4 Å². The molecule has 0 bridgehead atoms. The quantitative estimate of drug-likeness (QED) is 0.404. The maximum atomic E-state index is 6.01. The predicted octanol–water partition coefficient (Wildman–Crippen LogP) is 5.46. The number of hydrogen-bond donors (Lipinski definition) is 0. The second kappa shape index (κ2) is 5.97. The number of rotatable bonds is 3. The van der Waals surface area contributed by atoms with E-state index in [1.165, 1.54) is 11.8 Å². The standard InChI is InChI=1S/C21H12N4O2S/c1-4-10-16-13(7-1)23-20(28-21-24-15-9-3-6-12-18(15)27-21)25(16)19-22-14-8-2-5-11-17(14)26-19/h1-12H. The van der Waals surface area contributed by atoms with Crippen LogP contribution in [0.5, 0.6) is 0 Å². The van der Waals surface area contributed by atoms with Crippen LogP contribution >= 0.6 is 11.8 Å². The molecule has 0 amide bonds. The largest absolute Gasteiger partial charge is 0.431 e. The predicted molar refractivity (Wildman–Crippen MR) is 107 cm³/mol. The van der Waals surface area contributed by atoms with Crippen LogP contribution in [0.3, 0.4) is 0 Å².